The van der Waals surface area contributed by atoms with Crippen LogP contribution in [0.1, 0.15) is 35.6 Å². The van der Waals surface area contributed by atoms with Gasteiger partial charge in [-0.1, -0.05) is 74.0 Å². The van der Waals surface area contributed by atoms with E-state index >= 15 is 0 Å². The average Bonchev–Trinajstić information content (AvgIpc) is 2.80. The van der Waals surface area contributed by atoms with Crippen LogP contribution in [0.4, 0.5) is 10.5 Å². The minimum Gasteiger partial charge on any atom is -0.487 e. The highest BCUT2D eigenvalue weighted by atomic mass is 79.9. The number of primary amides is 1. The Morgan fingerprint density at radius 3 is 2.21 bits per heavy atom. The molecule has 0 aromatic heterocycles. The summed E-state index contributed by atoms with van der Waals surface area (Å²) in [6.07, 6.45) is 4.17. The van der Waals surface area contributed by atoms with Crippen LogP contribution in [0, 0.1) is 0 Å². The first kappa shape index (κ1) is 26.4. The van der Waals surface area contributed by atoms with Crippen molar-refractivity contribution in [2.75, 3.05) is 18.4 Å². The molecule has 2 amide bonds. The summed E-state index contributed by atoms with van der Waals surface area (Å²) in [6.45, 7) is 4.44. The Labute approximate surface area is 207 Å². The molecule has 0 atom stereocenters. The van der Waals surface area contributed by atoms with E-state index in [0.717, 1.165) is 49.9 Å². The summed E-state index contributed by atoms with van der Waals surface area (Å²) in [5.41, 5.74) is 11.0. The molecule has 0 aliphatic heterocycles. The number of hydrogen-bond donors (Lipinski definition) is 3. The first-order valence-corrected chi connectivity index (χ1v) is 11.3. The van der Waals surface area contributed by atoms with E-state index in [9.17, 15) is 4.79 Å². The van der Waals surface area contributed by atoms with Crippen LogP contribution in [0.5, 0.6) is 5.75 Å². The summed E-state index contributed by atoms with van der Waals surface area (Å²) < 4.78 is 5.92. The van der Waals surface area contributed by atoms with Crippen LogP contribution < -0.4 is 21.1 Å². The Kier molecular flexibility index (Phi) is 11.5. The SMILES string of the molecule is Br.CCCc1ccccc1CCNCCc1ccc(OCc2ccccc2)c(NC(N)=O)c1. The van der Waals surface area contributed by atoms with Crippen LogP contribution >= 0.6 is 17.0 Å². The molecule has 33 heavy (non-hydrogen) atoms. The van der Waals surface area contributed by atoms with Crippen molar-refractivity contribution in [1.29, 1.82) is 0 Å². The summed E-state index contributed by atoms with van der Waals surface area (Å²) in [7, 11) is 0. The molecule has 176 valence electrons. The number of nitrogens with two attached hydrogens (primary N) is 1. The van der Waals surface area contributed by atoms with Crippen LogP contribution in [-0.2, 0) is 25.9 Å². The molecular weight excluding hydrogens is 478 g/mol. The third-order valence-electron chi connectivity index (χ3n) is 5.34. The second kappa shape index (κ2) is 14.3. The second-order valence-corrected chi connectivity index (χ2v) is 7.86. The molecule has 5 nitrogen and oxygen atoms in total. The zero-order valence-corrected chi connectivity index (χ0v) is 20.9. The van der Waals surface area contributed by atoms with Gasteiger partial charge >= 0.3 is 6.03 Å². The van der Waals surface area contributed by atoms with Crippen LogP contribution in [0.25, 0.3) is 0 Å². The van der Waals surface area contributed by atoms with Gasteiger partial charge in [0.25, 0.3) is 0 Å². The van der Waals surface area contributed by atoms with E-state index in [1.807, 2.05) is 48.5 Å². The Hall–Kier alpha value is -2.83. The van der Waals surface area contributed by atoms with E-state index in [4.69, 9.17) is 10.5 Å². The highest BCUT2D eigenvalue weighted by Crippen LogP contribution is 2.27. The predicted octanol–water partition coefficient (Wildman–Crippen LogP) is 5.66. The van der Waals surface area contributed by atoms with Crippen molar-refractivity contribution in [3.63, 3.8) is 0 Å². The Bertz CT molecular complexity index is 996. The lowest BCUT2D eigenvalue weighted by Crippen LogP contribution is -2.21. The molecule has 0 saturated carbocycles. The van der Waals surface area contributed by atoms with Gasteiger partial charge in [-0.25, -0.2) is 4.79 Å². The van der Waals surface area contributed by atoms with Gasteiger partial charge in [-0.05, 0) is 66.7 Å². The zero-order chi connectivity index (χ0) is 22.6. The van der Waals surface area contributed by atoms with Gasteiger partial charge in [0.05, 0.1) is 5.69 Å². The van der Waals surface area contributed by atoms with Crippen molar-refractivity contribution >= 4 is 28.7 Å². The maximum Gasteiger partial charge on any atom is 0.316 e. The summed E-state index contributed by atoms with van der Waals surface area (Å²) in [5, 5.41) is 6.21. The van der Waals surface area contributed by atoms with Gasteiger partial charge in [0.1, 0.15) is 12.4 Å². The number of rotatable bonds is 12. The van der Waals surface area contributed by atoms with Crippen molar-refractivity contribution in [2.24, 2.45) is 5.73 Å². The lowest BCUT2D eigenvalue weighted by atomic mass is 10.0. The predicted molar refractivity (Wildman–Crippen MR) is 141 cm³/mol. The van der Waals surface area contributed by atoms with Crippen molar-refractivity contribution in [3.05, 3.63) is 95.1 Å². The standard InChI is InChI=1S/C27H33N3O2.BrH/c1-2-8-23-11-6-7-12-24(23)16-18-29-17-15-21-13-14-26(25(19-21)30-27(28)31)32-20-22-9-4-3-5-10-22;/h3-7,9-14,19,29H,2,8,15-18,20H2,1H3,(H3,28,30,31);1H. The topological polar surface area (TPSA) is 76.4 Å². The summed E-state index contributed by atoms with van der Waals surface area (Å²) in [6, 6.07) is 23.9. The first-order chi connectivity index (χ1) is 15.7. The summed E-state index contributed by atoms with van der Waals surface area (Å²) in [5.74, 6) is 0.608. The number of carbonyl (C=O) groups is 1. The fourth-order valence-corrected chi connectivity index (χ4v) is 3.72. The van der Waals surface area contributed by atoms with E-state index in [2.05, 4.69) is 41.8 Å². The van der Waals surface area contributed by atoms with Gasteiger partial charge in [0, 0.05) is 0 Å². The minimum atomic E-state index is -0.601. The average molecular weight is 512 g/mol. The van der Waals surface area contributed by atoms with Gasteiger partial charge in [-0.2, -0.15) is 0 Å². The molecule has 0 fully saturated rings. The molecule has 0 saturated heterocycles. The normalized spacial score (nSPS) is 10.3. The molecule has 3 aromatic rings. The summed E-state index contributed by atoms with van der Waals surface area (Å²) in [4.78, 5) is 11.5. The monoisotopic (exact) mass is 511 g/mol. The van der Waals surface area contributed by atoms with Crippen molar-refractivity contribution in [3.8, 4) is 5.75 Å². The molecule has 3 rings (SSSR count). The number of urea groups is 1. The molecule has 6 heteroatoms. The number of anilines is 1. The first-order valence-electron chi connectivity index (χ1n) is 11.3. The van der Waals surface area contributed by atoms with E-state index < -0.39 is 6.03 Å². The van der Waals surface area contributed by atoms with Crippen LogP contribution in [0.3, 0.4) is 0 Å². The number of aryl methyl sites for hydroxylation is 1. The smallest absolute Gasteiger partial charge is 0.316 e. The van der Waals surface area contributed by atoms with Crippen molar-refractivity contribution in [2.45, 2.75) is 39.2 Å². The number of carbonyl (C=O) groups excluding carboxylic acids is 1. The quantitative estimate of drug-likeness (QED) is 0.274. The molecule has 4 N–H and O–H groups in total. The molecular formula is C27H34BrN3O2. The Balaban J connectivity index is 0.00000385. The number of benzene rings is 3. The maximum absolute atomic E-state index is 11.5. The third-order valence-corrected chi connectivity index (χ3v) is 5.34. The van der Waals surface area contributed by atoms with E-state index in [1.165, 1.54) is 11.1 Å². The molecule has 0 aliphatic rings. The van der Waals surface area contributed by atoms with Gasteiger partial charge < -0.3 is 21.1 Å². The molecule has 0 radical (unpaired) electrons. The highest BCUT2D eigenvalue weighted by Gasteiger charge is 2.08. The highest BCUT2D eigenvalue weighted by molar-refractivity contribution is 8.93. The summed E-state index contributed by atoms with van der Waals surface area (Å²) >= 11 is 0. The maximum atomic E-state index is 11.5. The largest absolute Gasteiger partial charge is 0.487 e. The van der Waals surface area contributed by atoms with Crippen LogP contribution in [-0.4, -0.2) is 19.1 Å². The third kappa shape index (κ3) is 8.91. The number of hydrogen-bond acceptors (Lipinski definition) is 3. The lowest BCUT2D eigenvalue weighted by molar-refractivity contribution is 0.259. The molecule has 0 heterocycles. The van der Waals surface area contributed by atoms with Gasteiger partial charge in [0.2, 0.25) is 0 Å². The van der Waals surface area contributed by atoms with Gasteiger partial charge in [-0.3, -0.25) is 0 Å². The minimum absolute atomic E-state index is 0. The van der Waals surface area contributed by atoms with E-state index in [0.29, 0.717) is 18.0 Å². The molecule has 0 aliphatic carbocycles. The molecule has 0 spiro atoms. The van der Waals surface area contributed by atoms with E-state index in [-0.39, 0.29) is 17.0 Å². The van der Waals surface area contributed by atoms with Crippen LogP contribution in [0.15, 0.2) is 72.8 Å². The number of amides is 2. The fraction of sp³-hybridized carbons (Fsp3) is 0.296. The van der Waals surface area contributed by atoms with Gasteiger partial charge in [-0.15, -0.1) is 17.0 Å². The van der Waals surface area contributed by atoms with Crippen LogP contribution in [0.2, 0.25) is 0 Å². The van der Waals surface area contributed by atoms with Crippen molar-refractivity contribution in [1.82, 2.24) is 5.32 Å². The number of ether oxygens (including phenoxy) is 1. The van der Waals surface area contributed by atoms with Crippen molar-refractivity contribution < 1.29 is 9.53 Å². The van der Waals surface area contributed by atoms with E-state index in [1.54, 1.807) is 0 Å². The second-order valence-electron chi connectivity index (χ2n) is 7.86. The Morgan fingerprint density at radius 2 is 1.52 bits per heavy atom. The molecule has 0 unspecified atom stereocenters. The molecule has 0 bridgehead atoms. The fourth-order valence-electron chi connectivity index (χ4n) is 3.72. The number of nitrogens with one attached hydrogen (secondary N) is 2. The number of halogens is 1. The molecule has 3 aromatic carbocycles. The lowest BCUT2D eigenvalue weighted by Gasteiger charge is -2.14. The Morgan fingerprint density at radius 1 is 0.848 bits per heavy atom. The van der Waals surface area contributed by atoms with Gasteiger partial charge in [0.15, 0.2) is 0 Å². The zero-order valence-electron chi connectivity index (χ0n) is 19.2.